The summed E-state index contributed by atoms with van der Waals surface area (Å²) in [5, 5.41) is 0. The molecular formula is C8H10IN. The van der Waals surface area contributed by atoms with E-state index in [1.165, 1.54) is 3.57 Å². The maximum absolute atomic E-state index is 5.69. The standard InChI is InChI=1S/C8H10IN/c1-6-3-4-7(9-2)5-8(6)10/h3-5H,2,10H2,1H3. The van der Waals surface area contributed by atoms with Crippen LogP contribution in [-0.2, 0) is 0 Å². The average molecular weight is 247 g/mol. The highest BCUT2D eigenvalue weighted by Gasteiger charge is 1.91. The number of nitrogens with two attached hydrogens (primary N) is 1. The van der Waals surface area contributed by atoms with Crippen LogP contribution in [0.25, 0.3) is 0 Å². The van der Waals surface area contributed by atoms with Gasteiger partial charge in [-0.25, -0.2) is 0 Å². The number of benzene rings is 1. The molecule has 0 amide bonds. The van der Waals surface area contributed by atoms with Crippen molar-refractivity contribution in [3.63, 3.8) is 0 Å². The minimum atomic E-state index is -0.0502. The van der Waals surface area contributed by atoms with E-state index in [2.05, 4.69) is 16.6 Å². The van der Waals surface area contributed by atoms with E-state index in [0.29, 0.717) is 0 Å². The highest BCUT2D eigenvalue weighted by molar-refractivity contribution is 14.2. The molecule has 0 fully saturated rings. The Balaban J connectivity index is 3.16. The van der Waals surface area contributed by atoms with Gasteiger partial charge in [0.1, 0.15) is 0 Å². The molecule has 0 radical (unpaired) electrons. The Labute approximate surface area is 71.0 Å². The van der Waals surface area contributed by atoms with Crippen LogP contribution in [0.4, 0.5) is 5.69 Å². The van der Waals surface area contributed by atoms with Gasteiger partial charge in [0.2, 0.25) is 0 Å². The first-order chi connectivity index (χ1) is 4.74. The summed E-state index contributed by atoms with van der Waals surface area (Å²) in [7, 11) is 0. The van der Waals surface area contributed by atoms with Crippen LogP contribution >= 0.6 is 20.7 Å². The fourth-order valence-corrected chi connectivity index (χ4v) is 1.68. The fourth-order valence-electron chi connectivity index (χ4n) is 0.694. The number of hydrogen-bond donors (Lipinski definition) is 1. The van der Waals surface area contributed by atoms with Crippen molar-refractivity contribution in [2.24, 2.45) is 0 Å². The zero-order valence-corrected chi connectivity index (χ0v) is 8.05. The van der Waals surface area contributed by atoms with Gasteiger partial charge in [0.25, 0.3) is 0 Å². The maximum atomic E-state index is 5.69. The van der Waals surface area contributed by atoms with E-state index < -0.39 is 0 Å². The van der Waals surface area contributed by atoms with Crippen molar-refractivity contribution in [1.29, 1.82) is 0 Å². The first-order valence-electron chi connectivity index (χ1n) is 2.98. The lowest BCUT2D eigenvalue weighted by Gasteiger charge is -1.98. The number of hydrogen-bond acceptors (Lipinski definition) is 1. The molecule has 0 unspecified atom stereocenters. The van der Waals surface area contributed by atoms with Gasteiger partial charge >= 0.3 is 0 Å². The van der Waals surface area contributed by atoms with E-state index in [0.717, 1.165) is 11.3 Å². The van der Waals surface area contributed by atoms with Crippen molar-refractivity contribution in [2.75, 3.05) is 5.73 Å². The summed E-state index contributed by atoms with van der Waals surface area (Å²) in [6.45, 7) is 2.01. The van der Waals surface area contributed by atoms with Crippen LogP contribution in [0.5, 0.6) is 0 Å². The van der Waals surface area contributed by atoms with Gasteiger partial charge < -0.3 is 5.73 Å². The third-order valence-corrected chi connectivity index (χ3v) is 2.95. The molecule has 1 aromatic carbocycles. The van der Waals surface area contributed by atoms with Gasteiger partial charge in [-0.2, -0.15) is 0 Å². The first kappa shape index (κ1) is 7.72. The Morgan fingerprint density at radius 1 is 1.50 bits per heavy atom. The number of aryl methyl sites for hydroxylation is 1. The summed E-state index contributed by atoms with van der Waals surface area (Å²) < 4.78 is 5.19. The summed E-state index contributed by atoms with van der Waals surface area (Å²) in [5.74, 6) is 0. The molecule has 0 heterocycles. The molecule has 0 spiro atoms. The topological polar surface area (TPSA) is 26.0 Å². The van der Waals surface area contributed by atoms with Gasteiger partial charge in [0.15, 0.2) is 0 Å². The van der Waals surface area contributed by atoms with Crippen LogP contribution in [0.3, 0.4) is 0 Å². The van der Waals surface area contributed by atoms with Gasteiger partial charge in [0.05, 0.1) is 0 Å². The van der Waals surface area contributed by atoms with E-state index >= 15 is 0 Å². The molecule has 2 N–H and O–H groups in total. The lowest BCUT2D eigenvalue weighted by Crippen LogP contribution is -1.88. The second kappa shape index (κ2) is 3.14. The smallest absolute Gasteiger partial charge is 0.0354 e. The van der Waals surface area contributed by atoms with E-state index in [1.54, 1.807) is 0 Å². The van der Waals surface area contributed by atoms with Crippen LogP contribution in [0.1, 0.15) is 5.56 Å². The molecule has 0 aromatic heterocycles. The maximum Gasteiger partial charge on any atom is 0.0354 e. The molecule has 0 aliphatic carbocycles. The Morgan fingerprint density at radius 3 is 2.70 bits per heavy atom. The molecule has 0 saturated heterocycles. The summed E-state index contributed by atoms with van der Waals surface area (Å²) in [5.41, 5.74) is 7.73. The van der Waals surface area contributed by atoms with Gasteiger partial charge in [-0.3, -0.25) is 0 Å². The Bertz CT molecular complexity index is 255. The summed E-state index contributed by atoms with van der Waals surface area (Å²) in [4.78, 5) is 0. The zero-order valence-electron chi connectivity index (χ0n) is 5.89. The van der Waals surface area contributed by atoms with E-state index in [4.69, 9.17) is 5.73 Å². The van der Waals surface area contributed by atoms with Crippen molar-refractivity contribution >= 4 is 30.9 Å². The van der Waals surface area contributed by atoms with Gasteiger partial charge in [0, 0.05) is 9.26 Å². The molecule has 2 heteroatoms. The van der Waals surface area contributed by atoms with Crippen LogP contribution < -0.4 is 5.73 Å². The number of halogens is 1. The van der Waals surface area contributed by atoms with Crippen LogP contribution in [0, 0.1) is 10.5 Å². The molecule has 10 heavy (non-hydrogen) atoms. The summed E-state index contributed by atoms with van der Waals surface area (Å²) in [6, 6.07) is 6.18. The summed E-state index contributed by atoms with van der Waals surface area (Å²) in [6.07, 6.45) is 0. The Morgan fingerprint density at radius 2 is 2.20 bits per heavy atom. The SMILES string of the molecule is C=Ic1ccc(C)c(N)c1. The van der Waals surface area contributed by atoms with Crippen LogP contribution in [-0.4, -0.2) is 4.51 Å². The monoisotopic (exact) mass is 247 g/mol. The van der Waals surface area contributed by atoms with Crippen molar-refractivity contribution < 1.29 is 0 Å². The molecule has 1 aromatic rings. The molecule has 0 saturated carbocycles. The average Bonchev–Trinajstić information content (AvgIpc) is 1.95. The largest absolute Gasteiger partial charge is 0.398 e. The minimum absolute atomic E-state index is 0.0502. The molecule has 54 valence electrons. The third kappa shape index (κ3) is 1.56. The molecule has 0 aliphatic heterocycles. The predicted octanol–water partition coefficient (Wildman–Crippen LogP) is 2.15. The number of anilines is 1. The second-order valence-electron chi connectivity index (χ2n) is 2.13. The van der Waals surface area contributed by atoms with Gasteiger partial charge in [-0.15, -0.1) is 0 Å². The van der Waals surface area contributed by atoms with Crippen LogP contribution in [0.15, 0.2) is 18.2 Å². The van der Waals surface area contributed by atoms with Crippen molar-refractivity contribution in [3.8, 4) is 0 Å². The molecule has 0 atom stereocenters. The van der Waals surface area contributed by atoms with E-state index in [9.17, 15) is 0 Å². The summed E-state index contributed by atoms with van der Waals surface area (Å²) >= 11 is -0.0502. The zero-order chi connectivity index (χ0) is 7.56. The third-order valence-electron chi connectivity index (χ3n) is 1.40. The second-order valence-corrected chi connectivity index (χ2v) is 4.14. The van der Waals surface area contributed by atoms with Gasteiger partial charge in [-0.05, 0) is 24.6 Å². The molecular weight excluding hydrogens is 237 g/mol. The highest BCUT2D eigenvalue weighted by atomic mass is 127. The van der Waals surface area contributed by atoms with Crippen molar-refractivity contribution in [3.05, 3.63) is 27.3 Å². The van der Waals surface area contributed by atoms with Crippen LogP contribution in [0.2, 0.25) is 0 Å². The first-order valence-corrected chi connectivity index (χ1v) is 5.59. The predicted molar refractivity (Wildman–Crippen MR) is 55.4 cm³/mol. The Kier molecular flexibility index (Phi) is 2.43. The highest BCUT2D eigenvalue weighted by Crippen LogP contribution is 2.16. The molecule has 1 rings (SSSR count). The van der Waals surface area contributed by atoms with Gasteiger partial charge in [-0.1, -0.05) is 31.3 Å². The van der Waals surface area contributed by atoms with Crippen molar-refractivity contribution in [1.82, 2.24) is 0 Å². The van der Waals surface area contributed by atoms with Crippen molar-refractivity contribution in [2.45, 2.75) is 6.92 Å². The fraction of sp³-hybridized carbons (Fsp3) is 0.125. The van der Waals surface area contributed by atoms with E-state index in [-0.39, 0.29) is 20.7 Å². The number of nitrogen functional groups attached to an aromatic ring is 1. The van der Waals surface area contributed by atoms with E-state index in [1.807, 2.05) is 13.0 Å². The lowest BCUT2D eigenvalue weighted by atomic mass is 10.2. The quantitative estimate of drug-likeness (QED) is 0.597. The minimum Gasteiger partial charge on any atom is -0.398 e. The molecule has 0 bridgehead atoms. The lowest BCUT2D eigenvalue weighted by molar-refractivity contribution is 1.46. The normalized spacial score (nSPS) is 9.70. The molecule has 1 nitrogen and oxygen atoms in total. The Hall–Kier alpha value is -0.380. The molecule has 0 aliphatic rings. The number of rotatable bonds is 1.